The average Bonchev–Trinajstić information content (AvgIpc) is 2.46. The highest BCUT2D eigenvalue weighted by molar-refractivity contribution is 5.37. The van der Waals surface area contributed by atoms with Crippen molar-refractivity contribution < 1.29 is 0 Å². The van der Waals surface area contributed by atoms with Crippen LogP contribution in [0.4, 0.5) is 0 Å². The summed E-state index contributed by atoms with van der Waals surface area (Å²) < 4.78 is 0. The SMILES string of the molecule is c1ccc(CCc2cccc3c2CNCC3)cc1. The molecule has 1 heterocycles. The molecule has 0 saturated heterocycles. The van der Waals surface area contributed by atoms with Gasteiger partial charge in [-0.3, -0.25) is 0 Å². The third kappa shape index (κ3) is 2.46. The van der Waals surface area contributed by atoms with E-state index in [2.05, 4.69) is 53.8 Å². The van der Waals surface area contributed by atoms with E-state index < -0.39 is 0 Å². The molecule has 0 aromatic heterocycles. The first-order valence-electron chi connectivity index (χ1n) is 6.78. The third-order valence-electron chi connectivity index (χ3n) is 3.77. The summed E-state index contributed by atoms with van der Waals surface area (Å²) in [5.41, 5.74) is 6.03. The van der Waals surface area contributed by atoms with Gasteiger partial charge in [-0.25, -0.2) is 0 Å². The molecular weight excluding hydrogens is 218 g/mol. The molecule has 0 spiro atoms. The van der Waals surface area contributed by atoms with Crippen molar-refractivity contribution in [1.82, 2.24) is 5.32 Å². The number of aryl methyl sites for hydroxylation is 2. The Morgan fingerprint density at radius 3 is 2.67 bits per heavy atom. The fraction of sp³-hybridized carbons (Fsp3) is 0.294. The summed E-state index contributed by atoms with van der Waals surface area (Å²) in [6, 6.07) is 17.5. The molecular formula is C17H19N. The van der Waals surface area contributed by atoms with E-state index in [-0.39, 0.29) is 0 Å². The quantitative estimate of drug-likeness (QED) is 0.865. The molecule has 1 aliphatic heterocycles. The molecule has 0 bridgehead atoms. The predicted molar refractivity (Wildman–Crippen MR) is 75.7 cm³/mol. The molecule has 1 heteroatoms. The molecule has 0 aliphatic carbocycles. The van der Waals surface area contributed by atoms with Gasteiger partial charge in [0.15, 0.2) is 0 Å². The van der Waals surface area contributed by atoms with Crippen LogP contribution in [0.25, 0.3) is 0 Å². The van der Waals surface area contributed by atoms with Gasteiger partial charge in [0.25, 0.3) is 0 Å². The van der Waals surface area contributed by atoms with Gasteiger partial charge in [0.2, 0.25) is 0 Å². The van der Waals surface area contributed by atoms with E-state index in [0.29, 0.717) is 0 Å². The number of hydrogen-bond acceptors (Lipinski definition) is 1. The minimum absolute atomic E-state index is 1.04. The summed E-state index contributed by atoms with van der Waals surface area (Å²) in [7, 11) is 0. The number of nitrogens with one attached hydrogen (secondary N) is 1. The third-order valence-corrected chi connectivity index (χ3v) is 3.77. The molecule has 0 atom stereocenters. The maximum Gasteiger partial charge on any atom is 0.0211 e. The zero-order valence-electron chi connectivity index (χ0n) is 10.7. The fourth-order valence-corrected chi connectivity index (χ4v) is 2.74. The number of fused-ring (bicyclic) bond motifs is 1. The van der Waals surface area contributed by atoms with E-state index in [1.807, 2.05) is 0 Å². The second kappa shape index (κ2) is 5.36. The van der Waals surface area contributed by atoms with Crippen LogP contribution >= 0.6 is 0 Å². The lowest BCUT2D eigenvalue weighted by molar-refractivity contribution is 0.636. The lowest BCUT2D eigenvalue weighted by Gasteiger charge is -2.20. The van der Waals surface area contributed by atoms with Gasteiger partial charge in [0, 0.05) is 6.54 Å². The summed E-state index contributed by atoms with van der Waals surface area (Å²) >= 11 is 0. The second-order valence-electron chi connectivity index (χ2n) is 4.97. The largest absolute Gasteiger partial charge is 0.312 e. The van der Waals surface area contributed by atoms with Gasteiger partial charge >= 0.3 is 0 Å². The van der Waals surface area contributed by atoms with Crippen molar-refractivity contribution in [2.75, 3.05) is 6.54 Å². The normalized spacial score (nSPS) is 14.2. The topological polar surface area (TPSA) is 12.0 Å². The van der Waals surface area contributed by atoms with Crippen LogP contribution < -0.4 is 5.32 Å². The molecule has 0 unspecified atom stereocenters. The lowest BCUT2D eigenvalue weighted by atomic mass is 9.92. The van der Waals surface area contributed by atoms with E-state index in [4.69, 9.17) is 0 Å². The Labute approximate surface area is 109 Å². The maximum absolute atomic E-state index is 3.48. The highest BCUT2D eigenvalue weighted by Gasteiger charge is 2.11. The van der Waals surface area contributed by atoms with E-state index in [0.717, 1.165) is 25.9 Å². The maximum atomic E-state index is 3.48. The van der Waals surface area contributed by atoms with Gasteiger partial charge in [-0.1, -0.05) is 48.5 Å². The Balaban J connectivity index is 1.77. The van der Waals surface area contributed by atoms with Gasteiger partial charge in [-0.05, 0) is 48.1 Å². The molecule has 1 N–H and O–H groups in total. The molecule has 0 radical (unpaired) electrons. The Morgan fingerprint density at radius 2 is 1.78 bits per heavy atom. The molecule has 1 aliphatic rings. The molecule has 0 amide bonds. The molecule has 1 nitrogen and oxygen atoms in total. The van der Waals surface area contributed by atoms with Crippen molar-refractivity contribution in [1.29, 1.82) is 0 Å². The van der Waals surface area contributed by atoms with Crippen molar-refractivity contribution in [2.24, 2.45) is 0 Å². The zero-order chi connectivity index (χ0) is 12.2. The van der Waals surface area contributed by atoms with Crippen LogP contribution in [-0.4, -0.2) is 6.54 Å². The van der Waals surface area contributed by atoms with Crippen LogP contribution in [0, 0.1) is 0 Å². The number of hydrogen-bond donors (Lipinski definition) is 1. The summed E-state index contributed by atoms with van der Waals surface area (Å²) in [5.74, 6) is 0. The Kier molecular flexibility index (Phi) is 3.42. The Hall–Kier alpha value is -1.60. The number of rotatable bonds is 3. The molecule has 18 heavy (non-hydrogen) atoms. The Morgan fingerprint density at radius 1 is 0.889 bits per heavy atom. The van der Waals surface area contributed by atoms with Crippen LogP contribution in [0.1, 0.15) is 22.3 Å². The standard InChI is InChI=1S/C17H19N/c1-2-5-14(6-3-1)9-10-15-7-4-8-16-11-12-18-13-17(15)16/h1-8,18H,9-13H2. The monoisotopic (exact) mass is 237 g/mol. The first kappa shape index (κ1) is 11.5. The van der Waals surface area contributed by atoms with Crippen molar-refractivity contribution in [3.05, 3.63) is 70.8 Å². The van der Waals surface area contributed by atoms with Gasteiger partial charge in [-0.15, -0.1) is 0 Å². The second-order valence-corrected chi connectivity index (χ2v) is 4.97. The smallest absolute Gasteiger partial charge is 0.0211 e. The van der Waals surface area contributed by atoms with Crippen molar-refractivity contribution >= 4 is 0 Å². The van der Waals surface area contributed by atoms with Crippen molar-refractivity contribution in [3.63, 3.8) is 0 Å². The van der Waals surface area contributed by atoms with Gasteiger partial charge in [-0.2, -0.15) is 0 Å². The molecule has 0 fully saturated rings. The highest BCUT2D eigenvalue weighted by atomic mass is 14.9. The Bertz CT molecular complexity index is 516. The number of benzene rings is 2. The molecule has 2 aromatic rings. The minimum atomic E-state index is 1.04. The predicted octanol–water partition coefficient (Wildman–Crippen LogP) is 3.12. The molecule has 92 valence electrons. The van der Waals surface area contributed by atoms with Crippen molar-refractivity contribution in [3.8, 4) is 0 Å². The van der Waals surface area contributed by atoms with Crippen LogP contribution in [0.15, 0.2) is 48.5 Å². The summed E-state index contributed by atoms with van der Waals surface area (Å²) in [5, 5.41) is 3.48. The van der Waals surface area contributed by atoms with E-state index in [1.165, 1.54) is 17.5 Å². The molecule has 2 aromatic carbocycles. The van der Waals surface area contributed by atoms with E-state index >= 15 is 0 Å². The lowest BCUT2D eigenvalue weighted by Crippen LogP contribution is -2.24. The van der Waals surface area contributed by atoms with Gasteiger partial charge in [0.1, 0.15) is 0 Å². The van der Waals surface area contributed by atoms with Crippen LogP contribution in [0.2, 0.25) is 0 Å². The van der Waals surface area contributed by atoms with E-state index in [1.54, 1.807) is 11.1 Å². The van der Waals surface area contributed by atoms with Crippen LogP contribution in [0.3, 0.4) is 0 Å². The fourth-order valence-electron chi connectivity index (χ4n) is 2.74. The average molecular weight is 237 g/mol. The van der Waals surface area contributed by atoms with Crippen LogP contribution in [-0.2, 0) is 25.8 Å². The van der Waals surface area contributed by atoms with Crippen LogP contribution in [0.5, 0.6) is 0 Å². The van der Waals surface area contributed by atoms with Gasteiger partial charge < -0.3 is 5.32 Å². The first-order chi connectivity index (χ1) is 8.93. The van der Waals surface area contributed by atoms with Crippen molar-refractivity contribution in [2.45, 2.75) is 25.8 Å². The summed E-state index contributed by atoms with van der Waals surface area (Å²) in [6.07, 6.45) is 3.46. The molecule has 3 rings (SSSR count). The first-order valence-corrected chi connectivity index (χ1v) is 6.78. The van der Waals surface area contributed by atoms with Gasteiger partial charge in [0.05, 0.1) is 0 Å². The summed E-state index contributed by atoms with van der Waals surface area (Å²) in [4.78, 5) is 0. The molecule has 0 saturated carbocycles. The summed E-state index contributed by atoms with van der Waals surface area (Å²) in [6.45, 7) is 2.16. The van der Waals surface area contributed by atoms with E-state index in [9.17, 15) is 0 Å². The minimum Gasteiger partial charge on any atom is -0.312 e. The zero-order valence-corrected chi connectivity index (χ0v) is 10.7. The highest BCUT2D eigenvalue weighted by Crippen LogP contribution is 2.20.